The normalized spacial score (nSPS) is 14.5. The van der Waals surface area contributed by atoms with E-state index in [2.05, 4.69) is 44.3 Å². The van der Waals surface area contributed by atoms with Gasteiger partial charge in [-0.2, -0.15) is 0 Å². The molecule has 0 saturated heterocycles. The molecule has 0 bridgehead atoms. The Hall–Kier alpha value is -0.900. The van der Waals surface area contributed by atoms with Gasteiger partial charge in [0.05, 0.1) is 0 Å². The van der Waals surface area contributed by atoms with Crippen LogP contribution in [-0.2, 0) is 0 Å². The molecule has 0 amide bonds. The molecule has 18 heavy (non-hydrogen) atoms. The summed E-state index contributed by atoms with van der Waals surface area (Å²) < 4.78 is 0. The highest BCUT2D eigenvalue weighted by Gasteiger charge is 2.14. The highest BCUT2D eigenvalue weighted by Crippen LogP contribution is 2.18. The van der Waals surface area contributed by atoms with Gasteiger partial charge >= 0.3 is 0 Å². The van der Waals surface area contributed by atoms with Gasteiger partial charge in [0.25, 0.3) is 0 Å². The van der Waals surface area contributed by atoms with Gasteiger partial charge < -0.3 is 16.2 Å². The summed E-state index contributed by atoms with van der Waals surface area (Å²) in [5, 5.41) is 12.6. The van der Waals surface area contributed by atoms with Gasteiger partial charge in [-0.1, -0.05) is 25.1 Å². The average Bonchev–Trinajstić information content (AvgIpc) is 2.38. The van der Waals surface area contributed by atoms with E-state index < -0.39 is 0 Å². The Morgan fingerprint density at radius 1 is 1.28 bits per heavy atom. The lowest BCUT2D eigenvalue weighted by molar-refractivity contribution is 0.256. The first-order valence-electron chi connectivity index (χ1n) is 6.76. The number of aliphatic hydroxyl groups excluding tert-OH is 1. The Bertz CT molecular complexity index is 366. The first-order chi connectivity index (χ1) is 8.62. The summed E-state index contributed by atoms with van der Waals surface area (Å²) in [4.78, 5) is 0. The van der Waals surface area contributed by atoms with Crippen LogP contribution in [-0.4, -0.2) is 24.3 Å². The molecule has 0 saturated carbocycles. The van der Waals surface area contributed by atoms with E-state index in [9.17, 15) is 0 Å². The molecule has 102 valence electrons. The third kappa shape index (κ3) is 4.09. The predicted octanol–water partition coefficient (Wildman–Crippen LogP) is 2.05. The van der Waals surface area contributed by atoms with Crippen molar-refractivity contribution >= 4 is 0 Å². The molecule has 0 aliphatic rings. The molecule has 2 unspecified atom stereocenters. The summed E-state index contributed by atoms with van der Waals surface area (Å²) in [6.07, 6.45) is 1.78. The van der Waals surface area contributed by atoms with Crippen LogP contribution in [0, 0.1) is 13.8 Å². The van der Waals surface area contributed by atoms with Crippen LogP contribution < -0.4 is 11.1 Å². The van der Waals surface area contributed by atoms with Crippen LogP contribution in [0.2, 0.25) is 0 Å². The van der Waals surface area contributed by atoms with Gasteiger partial charge in [-0.05, 0) is 43.4 Å². The van der Waals surface area contributed by atoms with Crippen LogP contribution in [0.25, 0.3) is 0 Å². The molecular weight excluding hydrogens is 224 g/mol. The Labute approximate surface area is 110 Å². The summed E-state index contributed by atoms with van der Waals surface area (Å²) in [5.41, 5.74) is 9.70. The van der Waals surface area contributed by atoms with E-state index >= 15 is 0 Å². The number of benzene rings is 1. The van der Waals surface area contributed by atoms with Gasteiger partial charge in [0.1, 0.15) is 0 Å². The Kier molecular flexibility index (Phi) is 6.33. The third-order valence-electron chi connectivity index (χ3n) is 3.58. The van der Waals surface area contributed by atoms with Gasteiger partial charge in [0.15, 0.2) is 0 Å². The first-order valence-corrected chi connectivity index (χ1v) is 6.76. The lowest BCUT2D eigenvalue weighted by atomic mass is 9.99. The Balaban J connectivity index is 2.78. The Morgan fingerprint density at radius 3 is 2.50 bits per heavy atom. The van der Waals surface area contributed by atoms with Crippen LogP contribution in [0.15, 0.2) is 18.2 Å². The number of hydrogen-bond donors (Lipinski definition) is 3. The number of nitrogens with two attached hydrogens (primary N) is 1. The molecule has 0 spiro atoms. The smallest absolute Gasteiger partial charge is 0.0446 e. The quantitative estimate of drug-likeness (QED) is 0.694. The number of hydrogen-bond acceptors (Lipinski definition) is 3. The van der Waals surface area contributed by atoms with Gasteiger partial charge in [0.2, 0.25) is 0 Å². The first kappa shape index (κ1) is 15.2. The van der Waals surface area contributed by atoms with Crippen molar-refractivity contribution in [1.29, 1.82) is 0 Å². The van der Waals surface area contributed by atoms with E-state index in [1.807, 2.05) is 0 Å². The van der Waals surface area contributed by atoms with Crippen molar-refractivity contribution in [1.82, 2.24) is 5.32 Å². The van der Waals surface area contributed by atoms with Gasteiger partial charge in [-0.25, -0.2) is 0 Å². The molecule has 1 aromatic carbocycles. The lowest BCUT2D eigenvalue weighted by Gasteiger charge is -2.24. The van der Waals surface area contributed by atoms with Crippen molar-refractivity contribution in [2.75, 3.05) is 13.2 Å². The fourth-order valence-electron chi connectivity index (χ4n) is 2.13. The molecule has 1 rings (SSSR count). The van der Waals surface area contributed by atoms with Crippen LogP contribution in [0.4, 0.5) is 0 Å². The second-order valence-electron chi connectivity index (χ2n) is 4.92. The minimum Gasteiger partial charge on any atom is -0.396 e. The summed E-state index contributed by atoms with van der Waals surface area (Å²) in [6, 6.07) is 6.97. The summed E-state index contributed by atoms with van der Waals surface area (Å²) >= 11 is 0. The van der Waals surface area contributed by atoms with Crippen molar-refractivity contribution in [2.45, 2.75) is 45.7 Å². The standard InChI is InChI=1S/C15H26N2O/c1-4-14(7-8-18)17-15(10-16)13-6-5-11(2)12(3)9-13/h5-6,9,14-15,17-18H,4,7-8,10,16H2,1-3H3. The predicted molar refractivity (Wildman–Crippen MR) is 76.6 cm³/mol. The molecule has 3 nitrogen and oxygen atoms in total. The summed E-state index contributed by atoms with van der Waals surface area (Å²) in [6.45, 7) is 7.16. The maximum Gasteiger partial charge on any atom is 0.0446 e. The maximum atomic E-state index is 9.03. The highest BCUT2D eigenvalue weighted by molar-refractivity contribution is 5.31. The molecule has 4 N–H and O–H groups in total. The number of aliphatic hydroxyl groups is 1. The third-order valence-corrected chi connectivity index (χ3v) is 3.58. The molecule has 0 heterocycles. The topological polar surface area (TPSA) is 58.3 Å². The molecule has 0 fully saturated rings. The minimum absolute atomic E-state index is 0.167. The second-order valence-corrected chi connectivity index (χ2v) is 4.92. The van der Waals surface area contributed by atoms with Crippen molar-refractivity contribution in [2.24, 2.45) is 5.73 Å². The zero-order valence-corrected chi connectivity index (χ0v) is 11.7. The number of nitrogens with one attached hydrogen (secondary N) is 1. The fourth-order valence-corrected chi connectivity index (χ4v) is 2.13. The van der Waals surface area contributed by atoms with Crippen molar-refractivity contribution in [3.63, 3.8) is 0 Å². The molecular formula is C15H26N2O. The number of aryl methyl sites for hydroxylation is 2. The minimum atomic E-state index is 0.167. The molecule has 2 atom stereocenters. The van der Waals surface area contributed by atoms with E-state index in [1.165, 1.54) is 16.7 Å². The SMILES string of the molecule is CCC(CCO)NC(CN)c1ccc(C)c(C)c1. The van der Waals surface area contributed by atoms with Crippen molar-refractivity contribution in [3.05, 3.63) is 34.9 Å². The largest absolute Gasteiger partial charge is 0.396 e. The van der Waals surface area contributed by atoms with Crippen LogP contribution in [0.1, 0.15) is 42.5 Å². The number of rotatable bonds is 7. The molecule has 0 aliphatic carbocycles. The molecule has 0 aliphatic heterocycles. The van der Waals surface area contributed by atoms with E-state index in [1.54, 1.807) is 0 Å². The molecule has 1 aromatic rings. The van der Waals surface area contributed by atoms with Gasteiger partial charge in [-0.15, -0.1) is 0 Å². The monoisotopic (exact) mass is 250 g/mol. The molecule has 3 heteroatoms. The highest BCUT2D eigenvalue weighted by atomic mass is 16.3. The average molecular weight is 250 g/mol. The van der Waals surface area contributed by atoms with Crippen molar-refractivity contribution in [3.8, 4) is 0 Å². The zero-order valence-electron chi connectivity index (χ0n) is 11.7. The van der Waals surface area contributed by atoms with E-state index in [0.717, 1.165) is 12.8 Å². The van der Waals surface area contributed by atoms with Crippen molar-refractivity contribution < 1.29 is 5.11 Å². The second kappa shape index (κ2) is 7.52. The zero-order chi connectivity index (χ0) is 13.5. The van der Waals surface area contributed by atoms with Gasteiger partial charge in [-0.3, -0.25) is 0 Å². The maximum absolute atomic E-state index is 9.03. The van der Waals surface area contributed by atoms with Crippen LogP contribution in [0.5, 0.6) is 0 Å². The van der Waals surface area contributed by atoms with E-state index in [0.29, 0.717) is 12.6 Å². The Morgan fingerprint density at radius 2 is 2.00 bits per heavy atom. The van der Waals surface area contributed by atoms with Gasteiger partial charge in [0, 0.05) is 25.2 Å². The summed E-state index contributed by atoms with van der Waals surface area (Å²) in [5.74, 6) is 0. The lowest BCUT2D eigenvalue weighted by Crippen LogP contribution is -2.37. The molecule has 0 radical (unpaired) electrons. The summed E-state index contributed by atoms with van der Waals surface area (Å²) in [7, 11) is 0. The molecule has 0 aromatic heterocycles. The van der Waals surface area contributed by atoms with E-state index in [-0.39, 0.29) is 12.6 Å². The fraction of sp³-hybridized carbons (Fsp3) is 0.600. The van der Waals surface area contributed by atoms with Crippen LogP contribution in [0.3, 0.4) is 0 Å². The van der Waals surface area contributed by atoms with Crippen LogP contribution >= 0.6 is 0 Å². The van der Waals surface area contributed by atoms with E-state index in [4.69, 9.17) is 10.8 Å².